The monoisotopic (exact) mass is 507 g/mol. The molecule has 5 heteroatoms. The Morgan fingerprint density at radius 3 is 2.18 bits per heavy atom. The van der Waals surface area contributed by atoms with E-state index in [1.54, 1.807) is 12.1 Å². The number of methoxy groups -OCH3 is 1. The number of nitrogens with one attached hydrogen (secondary N) is 1. The largest absolute Gasteiger partial charge is 0.465 e. The van der Waals surface area contributed by atoms with Crippen molar-refractivity contribution in [2.24, 2.45) is 11.3 Å². The minimum Gasteiger partial charge on any atom is -0.465 e. The highest BCUT2D eigenvalue weighted by atomic mass is 16.5. The molecular formula is C33H38BNO3. The topological polar surface area (TPSA) is 55.4 Å². The number of hydrogen-bond acceptors (Lipinski definition) is 3. The van der Waals surface area contributed by atoms with E-state index in [-0.39, 0.29) is 17.8 Å². The van der Waals surface area contributed by atoms with Crippen molar-refractivity contribution in [3.8, 4) is 0 Å². The zero-order valence-corrected chi connectivity index (χ0v) is 23.2. The van der Waals surface area contributed by atoms with Crippen LogP contribution in [-0.4, -0.2) is 26.8 Å². The van der Waals surface area contributed by atoms with E-state index in [9.17, 15) is 9.59 Å². The van der Waals surface area contributed by atoms with Crippen LogP contribution in [-0.2, 0) is 16.0 Å². The quantitative estimate of drug-likeness (QED) is 0.319. The minimum atomic E-state index is -0.375. The number of rotatable bonds is 7. The van der Waals surface area contributed by atoms with Crippen LogP contribution in [0.3, 0.4) is 0 Å². The van der Waals surface area contributed by atoms with E-state index in [0.717, 1.165) is 35.1 Å². The van der Waals surface area contributed by atoms with E-state index < -0.39 is 0 Å². The third-order valence-corrected chi connectivity index (χ3v) is 7.77. The molecule has 0 bridgehead atoms. The number of anilines is 1. The van der Waals surface area contributed by atoms with Crippen molar-refractivity contribution in [3.05, 3.63) is 101 Å². The molecule has 0 spiro atoms. The van der Waals surface area contributed by atoms with Crippen LogP contribution in [0.25, 0.3) is 5.57 Å². The number of carbonyl (C=O) groups is 2. The second kappa shape index (κ2) is 11.9. The van der Waals surface area contributed by atoms with Gasteiger partial charge in [-0.15, -0.1) is 0 Å². The summed E-state index contributed by atoms with van der Waals surface area (Å²) in [4.78, 5) is 25.4. The predicted octanol–water partition coefficient (Wildman–Crippen LogP) is 5.93. The average molecular weight is 507 g/mol. The number of allylic oxidation sites excluding steroid dienone is 2. The number of amides is 1. The fourth-order valence-electron chi connectivity index (χ4n) is 5.17. The highest BCUT2D eigenvalue weighted by Crippen LogP contribution is 2.39. The lowest BCUT2D eigenvalue weighted by atomic mass is 9.72. The van der Waals surface area contributed by atoms with Gasteiger partial charge in [0.25, 0.3) is 0 Å². The van der Waals surface area contributed by atoms with E-state index >= 15 is 0 Å². The van der Waals surface area contributed by atoms with Gasteiger partial charge in [-0.05, 0) is 83.5 Å². The Morgan fingerprint density at radius 2 is 1.63 bits per heavy atom. The van der Waals surface area contributed by atoms with Crippen molar-refractivity contribution in [3.63, 3.8) is 0 Å². The molecule has 1 aliphatic carbocycles. The average Bonchev–Trinajstić information content (AvgIpc) is 2.92. The maximum Gasteiger partial charge on any atom is 0.337 e. The van der Waals surface area contributed by atoms with Crippen LogP contribution >= 0.6 is 0 Å². The normalized spacial score (nSPS) is 16.3. The Labute approximate surface area is 227 Å². The Hall–Kier alpha value is -3.60. The third kappa shape index (κ3) is 6.83. The van der Waals surface area contributed by atoms with Crippen LogP contribution in [0.4, 0.5) is 5.69 Å². The van der Waals surface area contributed by atoms with E-state index in [4.69, 9.17) is 4.74 Å². The molecule has 0 fully saturated rings. The smallest absolute Gasteiger partial charge is 0.337 e. The third-order valence-electron chi connectivity index (χ3n) is 7.77. The van der Waals surface area contributed by atoms with Crippen LogP contribution < -0.4 is 10.8 Å². The fraction of sp³-hybridized carbons (Fsp3) is 0.333. The first kappa shape index (κ1) is 27.4. The van der Waals surface area contributed by atoms with E-state index in [2.05, 4.69) is 56.4 Å². The van der Waals surface area contributed by atoms with Crippen molar-refractivity contribution in [1.82, 2.24) is 0 Å². The van der Waals surface area contributed by atoms with Crippen molar-refractivity contribution in [2.75, 3.05) is 12.4 Å². The summed E-state index contributed by atoms with van der Waals surface area (Å²) in [7, 11) is 3.40. The Balaban J connectivity index is 1.56. The molecule has 3 aromatic rings. The summed E-state index contributed by atoms with van der Waals surface area (Å²) in [6.45, 7) is 6.99. The summed E-state index contributed by atoms with van der Waals surface area (Å²) in [5.74, 6) is -0.0823. The maximum absolute atomic E-state index is 13.5. The Bertz CT molecular complexity index is 1290. The molecule has 2 unspecified atom stereocenters. The molecule has 0 aliphatic heterocycles. The van der Waals surface area contributed by atoms with E-state index in [1.165, 1.54) is 24.7 Å². The zero-order valence-electron chi connectivity index (χ0n) is 23.2. The first-order valence-corrected chi connectivity index (χ1v) is 13.5. The minimum absolute atomic E-state index is 0.0523. The summed E-state index contributed by atoms with van der Waals surface area (Å²) < 4.78 is 4.82. The van der Waals surface area contributed by atoms with Gasteiger partial charge in [0.1, 0.15) is 7.85 Å². The van der Waals surface area contributed by atoms with Gasteiger partial charge in [-0.2, -0.15) is 0 Å². The lowest BCUT2D eigenvalue weighted by Gasteiger charge is -2.33. The molecule has 2 atom stereocenters. The summed E-state index contributed by atoms with van der Waals surface area (Å²) in [6, 6.07) is 23.6. The van der Waals surface area contributed by atoms with Crippen LogP contribution in [0.2, 0.25) is 0 Å². The molecule has 0 saturated carbocycles. The van der Waals surface area contributed by atoms with Crippen molar-refractivity contribution in [2.45, 2.75) is 52.4 Å². The second-order valence-electron chi connectivity index (χ2n) is 11.5. The summed E-state index contributed by atoms with van der Waals surface area (Å²) in [5.41, 5.74) is 7.34. The van der Waals surface area contributed by atoms with Crippen LogP contribution in [0, 0.1) is 11.3 Å². The Morgan fingerprint density at radius 1 is 0.974 bits per heavy atom. The summed E-state index contributed by atoms with van der Waals surface area (Å²) >= 11 is 0. The molecule has 0 aromatic heterocycles. The standard InChI is InChI=1S/C33H38BNO3/c1-33(2,3)27-15-13-24(14-16-27)23-9-11-25(12-10-23)30(31(36)35-29-19-17-28(34)18-20-29)21-22-5-7-26(8-6-22)32(37)38-4/h5-13,17-20,27,30H,14-16,21,34H2,1-4H3,(H,35,36). The molecule has 0 heterocycles. The molecule has 0 radical (unpaired) electrons. The molecule has 38 heavy (non-hydrogen) atoms. The lowest BCUT2D eigenvalue weighted by Crippen LogP contribution is -2.23. The number of benzene rings is 3. The predicted molar refractivity (Wildman–Crippen MR) is 159 cm³/mol. The molecular weight excluding hydrogens is 469 g/mol. The highest BCUT2D eigenvalue weighted by Gasteiger charge is 2.27. The van der Waals surface area contributed by atoms with Gasteiger partial charge in [0.05, 0.1) is 18.6 Å². The zero-order chi connectivity index (χ0) is 27.3. The summed E-state index contributed by atoms with van der Waals surface area (Å²) in [5, 5.41) is 3.10. The van der Waals surface area contributed by atoms with Gasteiger partial charge >= 0.3 is 5.97 Å². The molecule has 0 saturated heterocycles. The molecule has 1 amide bonds. The fourth-order valence-corrected chi connectivity index (χ4v) is 5.17. The second-order valence-corrected chi connectivity index (χ2v) is 11.5. The SMILES string of the molecule is Bc1ccc(NC(=O)C(Cc2ccc(C(=O)OC)cc2)c2ccc(C3=CCC(C(C)(C)C)CC3)cc2)cc1. The van der Waals surface area contributed by atoms with E-state index in [1.807, 2.05) is 44.2 Å². The van der Waals surface area contributed by atoms with Gasteiger partial charge in [0, 0.05) is 5.69 Å². The number of esters is 1. The molecule has 196 valence electrons. The molecule has 1 aliphatic rings. The number of carbonyl (C=O) groups excluding carboxylic acids is 2. The van der Waals surface area contributed by atoms with Gasteiger partial charge in [0.15, 0.2) is 0 Å². The molecule has 4 rings (SSSR count). The van der Waals surface area contributed by atoms with Gasteiger partial charge in [-0.1, -0.05) is 80.8 Å². The van der Waals surface area contributed by atoms with Gasteiger partial charge in [0.2, 0.25) is 5.91 Å². The van der Waals surface area contributed by atoms with Crippen LogP contribution in [0.15, 0.2) is 78.9 Å². The summed E-state index contributed by atoms with van der Waals surface area (Å²) in [6.07, 6.45) is 6.34. The number of ether oxygens (including phenoxy) is 1. The van der Waals surface area contributed by atoms with E-state index in [0.29, 0.717) is 23.3 Å². The van der Waals surface area contributed by atoms with Gasteiger partial charge in [-0.25, -0.2) is 4.79 Å². The molecule has 3 aromatic carbocycles. The molecule has 4 nitrogen and oxygen atoms in total. The van der Waals surface area contributed by atoms with Crippen LogP contribution in [0.1, 0.15) is 73.0 Å². The lowest BCUT2D eigenvalue weighted by molar-refractivity contribution is -0.117. The van der Waals surface area contributed by atoms with Gasteiger partial charge < -0.3 is 10.1 Å². The highest BCUT2D eigenvalue weighted by molar-refractivity contribution is 6.32. The number of hydrogen-bond donors (Lipinski definition) is 1. The van der Waals surface area contributed by atoms with Crippen LogP contribution in [0.5, 0.6) is 0 Å². The first-order valence-electron chi connectivity index (χ1n) is 13.5. The Kier molecular flexibility index (Phi) is 8.56. The van der Waals surface area contributed by atoms with Crippen molar-refractivity contribution < 1.29 is 14.3 Å². The first-order chi connectivity index (χ1) is 18.1. The molecule has 1 N–H and O–H groups in total. The van der Waals surface area contributed by atoms with Crippen molar-refractivity contribution in [1.29, 1.82) is 0 Å². The van der Waals surface area contributed by atoms with Crippen molar-refractivity contribution >= 4 is 36.4 Å². The maximum atomic E-state index is 13.5. The van der Waals surface area contributed by atoms with Gasteiger partial charge in [-0.3, -0.25) is 4.79 Å².